The standard InChI is InChI=1S/C11H14BCl6O5P.C7H13BO2.C7H11BO2.C6H12BO12P3.C6H11BO2.C6H9BO2.C5H9BO3.FH.H2/c1-6-3-8(12)22-9(6)7(2)23-24(19,20-4-10(13,14)15)21-5-11(16,17)18;2*1-4-3-6(8)10-7(4)5(2)9;1-3(6-4(8)2-5(7)16-6)17-21(12,13)19-22(14,15)18-20(9,10)11;2*1-4-2-6(7)9-5(4)3-8;6-5-1-3(8)4(2-7)9-5;;/h6,8-9H,2-5H2,1H3;4-7,9H,3H2,1-2H3;4,6-7H,3H2,1-2H3;4-6,8H,1-2H2,(H,12,13)(H,14,15)(H2,9,10,11);4-6,8H,2-3H2,1H3;3-6H,2H2,1H3;3-5,7-8H,1-2H2;2*1H/t6-,8-,9+;4-,5?,6-,7+;4-,6-,7+;3*4-,5-,6-;3-,4-,5-;;/m1111111../s1/i;;;;;;;;1+2. The molecule has 3 unspecified atom stereocenters. The number of ketones is 1. The van der Waals surface area contributed by atoms with Crippen LogP contribution in [0.1, 0.15) is 94.8 Å². The summed E-state index contributed by atoms with van der Waals surface area (Å²) in [6.45, 7) is 18.7. The van der Waals surface area contributed by atoms with E-state index in [4.69, 9.17) is 206 Å². The fourth-order valence-corrected chi connectivity index (χ4v) is 14.4. The van der Waals surface area contributed by atoms with Crippen molar-refractivity contribution in [3.63, 3.8) is 0 Å². The van der Waals surface area contributed by atoms with Gasteiger partial charge in [0.05, 0.1) is 43.7 Å². The molecular weight excluding hydrogens is 1460 g/mol. The molecule has 7 rings (SSSR count). The van der Waals surface area contributed by atoms with Crippen molar-refractivity contribution in [1.82, 2.24) is 0 Å². The highest BCUT2D eigenvalue weighted by molar-refractivity contribution is 7.66. The molecule has 0 amide bonds. The van der Waals surface area contributed by atoms with Crippen molar-refractivity contribution in [1.29, 1.82) is 0 Å². The van der Waals surface area contributed by atoms with E-state index in [0.29, 0.717) is 24.7 Å². The van der Waals surface area contributed by atoms with Gasteiger partial charge in [0.2, 0.25) is 7.59 Å². The van der Waals surface area contributed by atoms with Crippen LogP contribution in [0, 0.1) is 29.6 Å². The number of phosphoric ester groups is 2. The first kappa shape index (κ1) is 94.7. The van der Waals surface area contributed by atoms with Crippen LogP contribution in [0.5, 0.6) is 0 Å². The second-order valence-electron chi connectivity index (χ2n) is 22.4. The molecule has 0 bridgehead atoms. The van der Waals surface area contributed by atoms with Crippen molar-refractivity contribution in [3.05, 3.63) is 24.7 Å². The topological polar surface area (TPSA) is 404 Å². The Bertz CT molecular complexity index is 2460. The average Bonchev–Trinajstić information content (AvgIpc) is 1.58. The fourth-order valence-electron chi connectivity index (χ4n) is 9.32. The lowest BCUT2D eigenvalue weighted by molar-refractivity contribution is -0.127. The van der Waals surface area contributed by atoms with E-state index in [0.717, 1.165) is 32.0 Å². The maximum Gasteiger partial charge on any atom is 0.536 e. The SMILES string of the molecule is F.[3HH].[B][C@H]1C[C@@H](C)[C@@H](C(=C)OP(=O)(OCC(Cl)(Cl)Cl)OCC(Cl)(Cl)Cl)O1.[B][C@H]1C[C@@H](C)[C@@H](C(C)=O)O1.[B][C@H]1C[C@@H](C)[C@@H](C(C)O)O1.[B][C@H]1C[C@@H](C)[C@@H](C=O)O1.[B][C@H]1C[C@@H](C)[C@@H](CO)O1.[B][C@H]1C[C@@H](O)[C@@H](C(=C)OP(=O)(O)OP(=O)(O)OP(=O)(O)O)O1.[B][C@H]1C[C@@H](O)[C@@H](CO)O1. The van der Waals surface area contributed by atoms with Gasteiger partial charge in [-0.3, -0.25) is 23.4 Å². The number of hydrogen-bond acceptors (Lipinski definition) is 24. The second kappa shape index (κ2) is 43.1. The zero-order valence-corrected chi connectivity index (χ0v) is 60.4. The molecule has 94 heavy (non-hydrogen) atoms. The number of aliphatic hydroxyl groups excluding tert-OH is 5. The van der Waals surface area contributed by atoms with Gasteiger partial charge in [0.1, 0.15) is 116 Å². The van der Waals surface area contributed by atoms with Crippen molar-refractivity contribution in [3.8, 4) is 0 Å². The molecule has 0 aliphatic carbocycles. The summed E-state index contributed by atoms with van der Waals surface area (Å²) in [6, 6.07) is -2.57. The lowest BCUT2D eigenvalue weighted by Crippen LogP contribution is -2.27. The highest BCUT2D eigenvalue weighted by Crippen LogP contribution is 2.67. The Labute approximate surface area is 588 Å². The summed E-state index contributed by atoms with van der Waals surface area (Å²) in [5, 5.41) is 44.9. The zero-order chi connectivity index (χ0) is 72.1. The Kier molecular flexibility index (Phi) is 43.4. The second-order valence-corrected chi connectivity index (χ2v) is 33.4. The normalized spacial score (nSPS) is 35.2. The van der Waals surface area contributed by atoms with E-state index in [1.54, 1.807) is 13.8 Å². The molecule has 0 aromatic rings. The van der Waals surface area contributed by atoms with Gasteiger partial charge in [-0.2, -0.15) is 8.62 Å². The number of aliphatic hydroxyl groups is 5. The molecule has 0 aromatic heterocycles. The summed E-state index contributed by atoms with van der Waals surface area (Å²) in [5.41, 5.74) is 0. The largest absolute Gasteiger partial charge is 0.536 e. The minimum Gasteiger partial charge on any atom is -0.406 e. The molecule has 7 aliphatic heterocycles. The van der Waals surface area contributed by atoms with E-state index < -0.39 is 112 Å². The van der Waals surface area contributed by atoms with Crippen LogP contribution in [-0.2, 0) is 87.7 Å². The Hall–Kier alpha value is 0.665. The summed E-state index contributed by atoms with van der Waals surface area (Å²) >= 11 is 33.4. The number of phosphoric acid groups is 4. The summed E-state index contributed by atoms with van der Waals surface area (Å²) in [6.07, 6.45) is -0.101. The highest BCUT2D eigenvalue weighted by atomic mass is 35.6. The predicted molar refractivity (Wildman–Crippen MR) is 353 cm³/mol. The van der Waals surface area contributed by atoms with Crippen LogP contribution in [0.25, 0.3) is 0 Å². The van der Waals surface area contributed by atoms with Crippen LogP contribution in [0.2, 0.25) is 0 Å². The number of carbonyl (C=O) groups is 2. The molecular formula is C48H82B7Cl6FO28P4. The van der Waals surface area contributed by atoms with E-state index in [-0.39, 0.29) is 103 Å². The van der Waals surface area contributed by atoms with Crippen LogP contribution in [-0.4, -0.2) is 249 Å². The highest BCUT2D eigenvalue weighted by Gasteiger charge is 2.45. The summed E-state index contributed by atoms with van der Waals surface area (Å²) in [7, 11) is 17.5. The van der Waals surface area contributed by atoms with Gasteiger partial charge >= 0.3 is 31.3 Å². The summed E-state index contributed by atoms with van der Waals surface area (Å²) in [4.78, 5) is 55.9. The van der Waals surface area contributed by atoms with Crippen LogP contribution in [0.15, 0.2) is 24.7 Å². The fraction of sp³-hybridized carbons (Fsp3) is 0.875. The average molecular weight is 1540 g/mol. The number of rotatable bonds is 19. The third-order valence-corrected chi connectivity index (χ3v) is 19.3. The van der Waals surface area contributed by atoms with Crippen molar-refractivity contribution in [2.75, 3.05) is 26.4 Å². The lowest BCUT2D eigenvalue weighted by Gasteiger charge is -2.25. The van der Waals surface area contributed by atoms with E-state index >= 15 is 0 Å². The van der Waals surface area contributed by atoms with E-state index in [2.05, 4.69) is 26.3 Å². The van der Waals surface area contributed by atoms with Crippen molar-refractivity contribution in [2.24, 2.45) is 29.6 Å². The van der Waals surface area contributed by atoms with E-state index in [9.17, 15) is 37.8 Å². The molecule has 532 valence electrons. The molecule has 14 radical (unpaired) electrons. The van der Waals surface area contributed by atoms with Gasteiger partial charge in [-0.25, -0.2) is 18.3 Å². The number of aldehydes is 1. The number of hydrogen-bond donors (Lipinski definition) is 9. The first-order chi connectivity index (χ1) is 42.3. The van der Waals surface area contributed by atoms with Crippen molar-refractivity contribution in [2.45, 2.75) is 204 Å². The third-order valence-electron chi connectivity index (χ3n) is 13.5. The minimum atomic E-state index is -5.62. The first-order valence-corrected chi connectivity index (χ1v) is 36.6. The van der Waals surface area contributed by atoms with Crippen LogP contribution < -0.4 is 0 Å². The van der Waals surface area contributed by atoms with Crippen LogP contribution in [0.3, 0.4) is 0 Å². The molecule has 0 aromatic carbocycles. The van der Waals surface area contributed by atoms with Gasteiger partial charge < -0.3 is 87.2 Å². The Morgan fingerprint density at radius 3 is 1.22 bits per heavy atom. The number of carbonyl (C=O) groups excluding carboxylic acids is 2. The van der Waals surface area contributed by atoms with Crippen LogP contribution in [0.4, 0.5) is 4.70 Å². The molecule has 7 aliphatic rings. The van der Waals surface area contributed by atoms with Crippen molar-refractivity contribution < 1.29 is 139 Å². The van der Waals surface area contributed by atoms with E-state index in [1.165, 1.54) is 0 Å². The number of ether oxygens (including phenoxy) is 7. The third kappa shape index (κ3) is 38.3. The first-order valence-electron chi connectivity index (χ1n) is 28.4. The Balaban J connectivity index is 0. The molecule has 24 atom stereocenters. The van der Waals surface area contributed by atoms with Gasteiger partial charge in [-0.1, -0.05) is 117 Å². The maximum absolute atomic E-state index is 12.7. The van der Waals surface area contributed by atoms with Gasteiger partial charge in [0.15, 0.2) is 5.78 Å². The molecule has 46 heteroatoms. The van der Waals surface area contributed by atoms with Gasteiger partial charge in [0, 0.05) is 43.4 Å². The van der Waals surface area contributed by atoms with Gasteiger partial charge in [0.25, 0.3) is 0 Å². The molecule has 0 saturated carbocycles. The smallest absolute Gasteiger partial charge is 0.406 e. The Morgan fingerprint density at radius 2 is 0.947 bits per heavy atom. The van der Waals surface area contributed by atoms with Gasteiger partial charge in [-0.05, 0) is 88.4 Å². The van der Waals surface area contributed by atoms with Crippen molar-refractivity contribution >= 4 is 168 Å². The monoisotopic (exact) mass is 1540 g/mol. The molecule has 9 N–H and O–H groups in total. The lowest BCUT2D eigenvalue weighted by atomic mass is 9.91. The van der Waals surface area contributed by atoms with E-state index in [1.807, 2.05) is 34.6 Å². The number of Topliss-reactive ketones (excluding diaryl/α,β-unsaturated/α-hetero) is 1. The Morgan fingerprint density at radius 1 is 0.564 bits per heavy atom. The molecule has 7 saturated heterocycles. The summed E-state index contributed by atoms with van der Waals surface area (Å²) < 4.78 is 104. The minimum absolute atomic E-state index is 0. The molecule has 7 heterocycles. The quantitative estimate of drug-likeness (QED) is 0.0280. The molecule has 7 fully saturated rings. The predicted octanol–water partition coefficient (Wildman–Crippen LogP) is 4.61. The molecule has 0 spiro atoms. The molecule has 28 nitrogen and oxygen atoms in total. The zero-order valence-electron chi connectivity index (χ0n) is 52.3. The summed E-state index contributed by atoms with van der Waals surface area (Å²) in [5.74, 6) is 0.752. The van der Waals surface area contributed by atoms with Gasteiger partial charge in [-0.15, -0.1) is 0 Å². The number of halogens is 7. The van der Waals surface area contributed by atoms with Crippen LogP contribution >= 0.6 is 101 Å². The number of alkyl halides is 6. The maximum atomic E-state index is 12.7.